The van der Waals surface area contributed by atoms with E-state index in [-0.39, 0.29) is 5.91 Å². The Morgan fingerprint density at radius 1 is 1.50 bits per heavy atom. The van der Waals surface area contributed by atoms with Gasteiger partial charge in [0.25, 0.3) is 5.91 Å². The number of aryl methyl sites for hydroxylation is 1. The molecule has 1 aromatic heterocycles. The predicted octanol–water partition coefficient (Wildman–Crippen LogP) is 2.08. The van der Waals surface area contributed by atoms with Gasteiger partial charge in [0, 0.05) is 30.3 Å². The second-order valence-electron chi connectivity index (χ2n) is 4.80. The Kier molecular flexibility index (Phi) is 4.45. The van der Waals surface area contributed by atoms with Gasteiger partial charge in [-0.3, -0.25) is 4.79 Å². The van der Waals surface area contributed by atoms with Crippen LogP contribution in [0, 0.1) is 5.92 Å². The minimum Gasteiger partial charge on any atom is -0.343 e. The molecule has 0 bridgehead atoms. The number of amides is 1. The van der Waals surface area contributed by atoms with Crippen molar-refractivity contribution in [3.63, 3.8) is 0 Å². The topological polar surface area (TPSA) is 51.3 Å². The van der Waals surface area contributed by atoms with Crippen molar-refractivity contribution in [2.45, 2.75) is 26.3 Å². The number of piperidine rings is 1. The first-order valence-electron chi connectivity index (χ1n) is 6.50. The quantitative estimate of drug-likeness (QED) is 0.929. The molecule has 1 amide bonds. The SMILES string of the molecule is CCn1cc(Br)cc1C(=O)N1CCC(CN)CC1. The molecule has 0 aliphatic carbocycles. The standard InChI is InChI=1S/C13H20BrN3O/c1-2-16-9-11(14)7-12(16)13(18)17-5-3-10(8-15)4-6-17/h7,9-10H,2-6,8,15H2,1H3. The molecule has 0 saturated carbocycles. The molecule has 0 radical (unpaired) electrons. The highest BCUT2D eigenvalue weighted by atomic mass is 79.9. The van der Waals surface area contributed by atoms with Gasteiger partial charge in [-0.2, -0.15) is 0 Å². The lowest BCUT2D eigenvalue weighted by atomic mass is 9.97. The predicted molar refractivity (Wildman–Crippen MR) is 75.5 cm³/mol. The van der Waals surface area contributed by atoms with Crippen LogP contribution >= 0.6 is 15.9 Å². The molecule has 2 heterocycles. The number of likely N-dealkylation sites (tertiary alicyclic amines) is 1. The Bertz CT molecular complexity index is 422. The minimum absolute atomic E-state index is 0.137. The average molecular weight is 314 g/mol. The van der Waals surface area contributed by atoms with Crippen LogP contribution < -0.4 is 5.73 Å². The summed E-state index contributed by atoms with van der Waals surface area (Å²) < 4.78 is 2.95. The summed E-state index contributed by atoms with van der Waals surface area (Å²) in [5.41, 5.74) is 6.44. The van der Waals surface area contributed by atoms with E-state index in [0.29, 0.717) is 5.92 Å². The van der Waals surface area contributed by atoms with Gasteiger partial charge in [-0.25, -0.2) is 0 Å². The Morgan fingerprint density at radius 2 is 2.17 bits per heavy atom. The molecule has 5 heteroatoms. The van der Waals surface area contributed by atoms with Gasteiger partial charge in [0.2, 0.25) is 0 Å². The number of nitrogens with two attached hydrogens (primary N) is 1. The molecule has 2 N–H and O–H groups in total. The smallest absolute Gasteiger partial charge is 0.270 e. The highest BCUT2D eigenvalue weighted by Crippen LogP contribution is 2.21. The van der Waals surface area contributed by atoms with Crippen LogP contribution in [0.5, 0.6) is 0 Å². The maximum absolute atomic E-state index is 12.4. The van der Waals surface area contributed by atoms with E-state index in [1.54, 1.807) is 0 Å². The summed E-state index contributed by atoms with van der Waals surface area (Å²) in [5, 5.41) is 0. The van der Waals surface area contributed by atoms with E-state index in [1.165, 1.54) is 0 Å². The van der Waals surface area contributed by atoms with Gasteiger partial charge >= 0.3 is 0 Å². The summed E-state index contributed by atoms with van der Waals surface area (Å²) >= 11 is 3.43. The van der Waals surface area contributed by atoms with Gasteiger partial charge < -0.3 is 15.2 Å². The maximum atomic E-state index is 12.4. The highest BCUT2D eigenvalue weighted by Gasteiger charge is 2.24. The second-order valence-corrected chi connectivity index (χ2v) is 5.72. The van der Waals surface area contributed by atoms with Crippen molar-refractivity contribution in [2.24, 2.45) is 11.7 Å². The number of hydrogen-bond donors (Lipinski definition) is 1. The number of carbonyl (C=O) groups excluding carboxylic acids is 1. The van der Waals surface area contributed by atoms with E-state index >= 15 is 0 Å². The van der Waals surface area contributed by atoms with Crippen LogP contribution in [0.15, 0.2) is 16.7 Å². The first kappa shape index (κ1) is 13.6. The minimum atomic E-state index is 0.137. The van der Waals surface area contributed by atoms with Crippen LogP contribution in [0.25, 0.3) is 0 Å². The molecule has 0 atom stereocenters. The van der Waals surface area contributed by atoms with Crippen molar-refractivity contribution in [1.29, 1.82) is 0 Å². The number of hydrogen-bond acceptors (Lipinski definition) is 2. The van der Waals surface area contributed by atoms with Crippen molar-refractivity contribution in [3.8, 4) is 0 Å². The third-order valence-corrected chi connectivity index (χ3v) is 4.09. The largest absolute Gasteiger partial charge is 0.343 e. The van der Waals surface area contributed by atoms with Crippen molar-refractivity contribution < 1.29 is 4.79 Å². The number of carbonyl (C=O) groups is 1. The van der Waals surface area contributed by atoms with Crippen LogP contribution in [-0.2, 0) is 6.54 Å². The normalized spacial score (nSPS) is 17.2. The summed E-state index contributed by atoms with van der Waals surface area (Å²) in [5.74, 6) is 0.719. The van der Waals surface area contributed by atoms with E-state index < -0.39 is 0 Å². The molecule has 2 rings (SSSR count). The molecule has 1 saturated heterocycles. The van der Waals surface area contributed by atoms with Gasteiger partial charge in [-0.05, 0) is 54.2 Å². The monoisotopic (exact) mass is 313 g/mol. The lowest BCUT2D eigenvalue weighted by Gasteiger charge is -2.31. The first-order valence-corrected chi connectivity index (χ1v) is 7.30. The summed E-state index contributed by atoms with van der Waals surface area (Å²) in [6.07, 6.45) is 4.01. The molecule has 0 unspecified atom stereocenters. The molecule has 1 aliphatic rings. The molecule has 1 fully saturated rings. The van der Waals surface area contributed by atoms with Crippen LogP contribution in [0.3, 0.4) is 0 Å². The van der Waals surface area contributed by atoms with Crippen molar-refractivity contribution in [1.82, 2.24) is 9.47 Å². The van der Waals surface area contributed by atoms with Gasteiger partial charge in [0.15, 0.2) is 0 Å². The van der Waals surface area contributed by atoms with Crippen molar-refractivity contribution in [2.75, 3.05) is 19.6 Å². The molecule has 0 aromatic carbocycles. The van der Waals surface area contributed by atoms with Crippen LogP contribution in [0.1, 0.15) is 30.3 Å². The molecule has 0 spiro atoms. The molecule has 100 valence electrons. The van der Waals surface area contributed by atoms with Crippen LogP contribution in [-0.4, -0.2) is 35.0 Å². The number of aromatic nitrogens is 1. The summed E-state index contributed by atoms with van der Waals surface area (Å²) in [6, 6.07) is 1.90. The fourth-order valence-corrected chi connectivity index (χ4v) is 2.91. The third-order valence-electron chi connectivity index (χ3n) is 3.66. The van der Waals surface area contributed by atoms with E-state index in [4.69, 9.17) is 5.73 Å². The molecular formula is C13H20BrN3O. The molecule has 1 aliphatic heterocycles. The average Bonchev–Trinajstić information content (AvgIpc) is 2.79. The summed E-state index contributed by atoms with van der Waals surface area (Å²) in [6.45, 7) is 5.25. The number of nitrogens with zero attached hydrogens (tertiary/aromatic N) is 2. The fourth-order valence-electron chi connectivity index (χ4n) is 2.45. The van der Waals surface area contributed by atoms with Crippen molar-refractivity contribution in [3.05, 3.63) is 22.4 Å². The summed E-state index contributed by atoms with van der Waals surface area (Å²) in [7, 11) is 0. The zero-order chi connectivity index (χ0) is 13.1. The van der Waals surface area contributed by atoms with Crippen molar-refractivity contribution >= 4 is 21.8 Å². The molecular weight excluding hydrogens is 294 g/mol. The van der Waals surface area contributed by atoms with E-state index in [2.05, 4.69) is 15.9 Å². The summed E-state index contributed by atoms with van der Waals surface area (Å²) in [4.78, 5) is 14.4. The number of halogens is 1. The number of rotatable bonds is 3. The van der Waals surface area contributed by atoms with Gasteiger partial charge in [-0.15, -0.1) is 0 Å². The van der Waals surface area contributed by atoms with Crippen LogP contribution in [0.2, 0.25) is 0 Å². The molecule has 4 nitrogen and oxygen atoms in total. The maximum Gasteiger partial charge on any atom is 0.270 e. The zero-order valence-electron chi connectivity index (χ0n) is 10.7. The Hall–Kier alpha value is -0.810. The van der Waals surface area contributed by atoms with E-state index in [0.717, 1.165) is 49.2 Å². The Labute approximate surface area is 116 Å². The highest BCUT2D eigenvalue weighted by molar-refractivity contribution is 9.10. The van der Waals surface area contributed by atoms with Gasteiger partial charge in [0.1, 0.15) is 5.69 Å². The van der Waals surface area contributed by atoms with Gasteiger partial charge in [-0.1, -0.05) is 0 Å². The van der Waals surface area contributed by atoms with E-state index in [1.807, 2.05) is 28.7 Å². The molecule has 18 heavy (non-hydrogen) atoms. The van der Waals surface area contributed by atoms with E-state index in [9.17, 15) is 4.79 Å². The second kappa shape index (κ2) is 5.89. The lowest BCUT2D eigenvalue weighted by Crippen LogP contribution is -2.40. The lowest BCUT2D eigenvalue weighted by molar-refractivity contribution is 0.0682. The van der Waals surface area contributed by atoms with Gasteiger partial charge in [0.05, 0.1) is 0 Å². The first-order chi connectivity index (χ1) is 8.65. The Morgan fingerprint density at radius 3 is 2.72 bits per heavy atom. The molecule has 1 aromatic rings. The Balaban J connectivity index is 2.07. The third kappa shape index (κ3) is 2.78. The zero-order valence-corrected chi connectivity index (χ0v) is 12.3. The van der Waals surface area contributed by atoms with Crippen LogP contribution in [0.4, 0.5) is 0 Å². The fraction of sp³-hybridized carbons (Fsp3) is 0.615.